The Labute approximate surface area is 150 Å². The van der Waals surface area contributed by atoms with Gasteiger partial charge in [0.1, 0.15) is 5.82 Å². The van der Waals surface area contributed by atoms with Crippen LogP contribution in [0.25, 0.3) is 11.0 Å². The molecule has 1 N–H and O–H groups in total. The Kier molecular flexibility index (Phi) is 4.28. The molecule has 134 valence electrons. The molecule has 0 spiro atoms. The molecule has 0 unspecified atom stereocenters. The van der Waals surface area contributed by atoms with E-state index in [-0.39, 0.29) is 11.5 Å². The lowest BCUT2D eigenvalue weighted by molar-refractivity contribution is 0.0682. The Morgan fingerprint density at radius 1 is 1.27 bits per heavy atom. The smallest absolute Gasteiger partial charge is 0.253 e. The van der Waals surface area contributed by atoms with E-state index < -0.39 is 0 Å². The van der Waals surface area contributed by atoms with Crippen LogP contribution < -0.4 is 5.56 Å². The standard InChI is InChI=1S/C19H21N5O2/c1-13-21-16-3-2-15(10-17(16)22-13)19(26)23-8-5-14(6-9-23)11-24-12-20-7-4-18(24)25/h2-4,7,10,12,14H,5-6,8-9,11H2,1H3,(H,21,22). The first-order valence-electron chi connectivity index (χ1n) is 8.86. The Morgan fingerprint density at radius 3 is 2.85 bits per heavy atom. The molecule has 3 heterocycles. The van der Waals surface area contributed by atoms with Gasteiger partial charge in [0.25, 0.3) is 11.5 Å². The number of nitrogens with zero attached hydrogens (tertiary/aromatic N) is 4. The molecule has 2 aromatic heterocycles. The molecule has 0 bridgehead atoms. The van der Waals surface area contributed by atoms with Crippen molar-refractivity contribution >= 4 is 16.9 Å². The number of fused-ring (bicyclic) bond motifs is 1. The van der Waals surface area contributed by atoms with Crippen molar-refractivity contribution in [3.63, 3.8) is 0 Å². The molecule has 1 aliphatic heterocycles. The van der Waals surface area contributed by atoms with Crippen LogP contribution in [0.3, 0.4) is 0 Å². The number of aromatic nitrogens is 4. The van der Waals surface area contributed by atoms with E-state index in [2.05, 4.69) is 15.0 Å². The molecule has 1 aromatic carbocycles. The van der Waals surface area contributed by atoms with Gasteiger partial charge in [-0.1, -0.05) is 0 Å². The number of rotatable bonds is 3. The Morgan fingerprint density at radius 2 is 2.08 bits per heavy atom. The van der Waals surface area contributed by atoms with Gasteiger partial charge in [-0.05, 0) is 43.9 Å². The van der Waals surface area contributed by atoms with Crippen LogP contribution in [0.15, 0.2) is 41.6 Å². The van der Waals surface area contributed by atoms with Crippen LogP contribution >= 0.6 is 0 Å². The molecule has 1 saturated heterocycles. The largest absolute Gasteiger partial charge is 0.342 e. The van der Waals surface area contributed by atoms with Crippen LogP contribution in [0.5, 0.6) is 0 Å². The van der Waals surface area contributed by atoms with Gasteiger partial charge in [-0.25, -0.2) is 9.97 Å². The number of carbonyl (C=O) groups is 1. The maximum Gasteiger partial charge on any atom is 0.253 e. The number of hydrogen-bond acceptors (Lipinski definition) is 4. The second-order valence-electron chi connectivity index (χ2n) is 6.86. The zero-order valence-electron chi connectivity index (χ0n) is 14.7. The van der Waals surface area contributed by atoms with E-state index in [1.54, 1.807) is 10.9 Å². The fourth-order valence-corrected chi connectivity index (χ4v) is 3.57. The average molecular weight is 351 g/mol. The van der Waals surface area contributed by atoms with E-state index in [1.165, 1.54) is 12.3 Å². The highest BCUT2D eigenvalue weighted by atomic mass is 16.2. The van der Waals surface area contributed by atoms with E-state index in [9.17, 15) is 9.59 Å². The van der Waals surface area contributed by atoms with Gasteiger partial charge in [0.2, 0.25) is 0 Å². The van der Waals surface area contributed by atoms with Crippen molar-refractivity contribution < 1.29 is 4.79 Å². The van der Waals surface area contributed by atoms with Crippen molar-refractivity contribution in [3.05, 3.63) is 58.5 Å². The molecule has 1 amide bonds. The van der Waals surface area contributed by atoms with E-state index in [4.69, 9.17) is 0 Å². The summed E-state index contributed by atoms with van der Waals surface area (Å²) in [4.78, 5) is 38.1. The zero-order chi connectivity index (χ0) is 18.1. The number of benzene rings is 1. The number of aromatic amines is 1. The van der Waals surface area contributed by atoms with Gasteiger partial charge in [-0.2, -0.15) is 0 Å². The second-order valence-corrected chi connectivity index (χ2v) is 6.86. The number of amides is 1. The Balaban J connectivity index is 1.41. The molecule has 1 aliphatic rings. The number of hydrogen-bond donors (Lipinski definition) is 1. The first-order chi connectivity index (χ1) is 12.6. The van der Waals surface area contributed by atoms with Crippen LogP contribution in [-0.2, 0) is 6.54 Å². The van der Waals surface area contributed by atoms with Crippen LogP contribution in [-0.4, -0.2) is 43.4 Å². The zero-order valence-corrected chi connectivity index (χ0v) is 14.7. The van der Waals surface area contributed by atoms with Gasteiger partial charge >= 0.3 is 0 Å². The number of H-pyrrole nitrogens is 1. The number of carbonyl (C=O) groups excluding carboxylic acids is 1. The predicted octanol–water partition coefficient (Wildman–Crippen LogP) is 1.98. The van der Waals surface area contributed by atoms with Crippen molar-refractivity contribution in [2.45, 2.75) is 26.3 Å². The van der Waals surface area contributed by atoms with E-state index >= 15 is 0 Å². The highest BCUT2D eigenvalue weighted by Gasteiger charge is 2.24. The molecule has 4 rings (SSSR count). The van der Waals surface area contributed by atoms with E-state index in [0.29, 0.717) is 31.1 Å². The fourth-order valence-electron chi connectivity index (χ4n) is 3.57. The van der Waals surface area contributed by atoms with Crippen molar-refractivity contribution in [3.8, 4) is 0 Å². The van der Waals surface area contributed by atoms with Crippen molar-refractivity contribution in [1.29, 1.82) is 0 Å². The number of aryl methyl sites for hydroxylation is 1. The summed E-state index contributed by atoms with van der Waals surface area (Å²) in [6.45, 7) is 3.98. The van der Waals surface area contributed by atoms with E-state index in [0.717, 1.165) is 29.7 Å². The Bertz CT molecular complexity index is 998. The number of piperidine rings is 1. The van der Waals surface area contributed by atoms with Crippen LogP contribution in [0, 0.1) is 12.8 Å². The molecule has 7 heteroatoms. The van der Waals surface area contributed by atoms with Crippen LogP contribution in [0.2, 0.25) is 0 Å². The molecular formula is C19H21N5O2. The van der Waals surface area contributed by atoms with Gasteiger partial charge < -0.3 is 9.88 Å². The first-order valence-corrected chi connectivity index (χ1v) is 8.86. The van der Waals surface area contributed by atoms with Gasteiger partial charge in [0, 0.05) is 37.5 Å². The molecule has 0 radical (unpaired) electrons. The third-order valence-corrected chi connectivity index (χ3v) is 5.00. The molecule has 3 aromatic rings. The van der Waals surface area contributed by atoms with Crippen molar-refractivity contribution in [2.24, 2.45) is 5.92 Å². The molecular weight excluding hydrogens is 330 g/mol. The van der Waals surface area contributed by atoms with Gasteiger partial charge in [0.15, 0.2) is 0 Å². The highest BCUT2D eigenvalue weighted by molar-refractivity contribution is 5.97. The van der Waals surface area contributed by atoms with Crippen LogP contribution in [0.1, 0.15) is 29.0 Å². The van der Waals surface area contributed by atoms with Crippen LogP contribution in [0.4, 0.5) is 0 Å². The lowest BCUT2D eigenvalue weighted by atomic mass is 9.96. The third kappa shape index (κ3) is 3.24. The van der Waals surface area contributed by atoms with Gasteiger partial charge in [-0.15, -0.1) is 0 Å². The molecule has 26 heavy (non-hydrogen) atoms. The van der Waals surface area contributed by atoms with Crippen molar-refractivity contribution in [1.82, 2.24) is 24.4 Å². The normalized spacial score (nSPS) is 15.5. The topological polar surface area (TPSA) is 83.9 Å². The van der Waals surface area contributed by atoms with E-state index in [1.807, 2.05) is 30.0 Å². The summed E-state index contributed by atoms with van der Waals surface area (Å²) in [6, 6.07) is 7.07. The summed E-state index contributed by atoms with van der Waals surface area (Å²) in [5.74, 6) is 1.28. The summed E-state index contributed by atoms with van der Waals surface area (Å²) >= 11 is 0. The SMILES string of the molecule is Cc1nc2ccc(C(=O)N3CCC(Cn4cnccc4=O)CC3)cc2[nH]1. The summed E-state index contributed by atoms with van der Waals surface area (Å²) < 4.78 is 1.65. The highest BCUT2D eigenvalue weighted by Crippen LogP contribution is 2.21. The monoisotopic (exact) mass is 351 g/mol. The molecule has 0 saturated carbocycles. The lowest BCUT2D eigenvalue weighted by Crippen LogP contribution is -2.40. The number of nitrogens with one attached hydrogen (secondary N) is 1. The molecule has 0 aliphatic carbocycles. The minimum absolute atomic E-state index is 0.0262. The molecule has 7 nitrogen and oxygen atoms in total. The summed E-state index contributed by atoms with van der Waals surface area (Å²) in [6.07, 6.45) is 4.87. The first kappa shape index (κ1) is 16.5. The molecule has 1 fully saturated rings. The second kappa shape index (κ2) is 6.74. The van der Waals surface area contributed by atoms with Gasteiger partial charge in [-0.3, -0.25) is 14.2 Å². The number of likely N-dealkylation sites (tertiary alicyclic amines) is 1. The van der Waals surface area contributed by atoms with Gasteiger partial charge in [0.05, 0.1) is 17.4 Å². The molecule has 0 atom stereocenters. The summed E-state index contributed by atoms with van der Waals surface area (Å²) in [7, 11) is 0. The quantitative estimate of drug-likeness (QED) is 0.782. The minimum atomic E-state index is -0.0262. The fraction of sp³-hybridized carbons (Fsp3) is 0.368. The minimum Gasteiger partial charge on any atom is -0.342 e. The number of imidazole rings is 1. The lowest BCUT2D eigenvalue weighted by Gasteiger charge is -2.32. The maximum atomic E-state index is 12.8. The van der Waals surface area contributed by atoms with Crippen molar-refractivity contribution in [2.75, 3.05) is 13.1 Å². The third-order valence-electron chi connectivity index (χ3n) is 5.00. The summed E-state index contributed by atoms with van der Waals surface area (Å²) in [5, 5.41) is 0. The predicted molar refractivity (Wildman–Crippen MR) is 98.0 cm³/mol. The maximum absolute atomic E-state index is 12.8. The summed E-state index contributed by atoms with van der Waals surface area (Å²) in [5.41, 5.74) is 2.42. The average Bonchev–Trinajstić information content (AvgIpc) is 3.03. The Hall–Kier alpha value is -2.96.